The molecule has 0 aliphatic heterocycles. The summed E-state index contributed by atoms with van der Waals surface area (Å²) in [5.41, 5.74) is 7.01. The Morgan fingerprint density at radius 2 is 1.25 bits per heavy atom. The van der Waals surface area contributed by atoms with Gasteiger partial charge in [0.1, 0.15) is 0 Å². The van der Waals surface area contributed by atoms with Gasteiger partial charge in [-0.1, -0.05) is 101 Å². The van der Waals surface area contributed by atoms with Crippen molar-refractivity contribution < 1.29 is 13.3 Å². The van der Waals surface area contributed by atoms with Crippen LogP contribution in [0.1, 0.15) is 77.3 Å². The number of fused-ring (bicyclic) bond motifs is 3. The maximum atomic E-state index is 6.15. The number of aryl methyl sites for hydroxylation is 1. The molecule has 9 rings (SSSR count). The van der Waals surface area contributed by atoms with Crippen LogP contribution in [0.3, 0.4) is 0 Å². The molecule has 0 aliphatic carbocycles. The monoisotopic (exact) mass is 900 g/mol. The van der Waals surface area contributed by atoms with Crippen molar-refractivity contribution in [1.82, 2.24) is 4.98 Å². The predicted octanol–water partition coefficient (Wildman–Crippen LogP) is 15.4. The number of aromatic nitrogens is 1. The molecule has 0 fully saturated rings. The molecule has 0 amide bonds. The number of rotatable bonds is 18. The minimum atomic E-state index is -2.92. The normalized spacial score (nSPS) is 12.6. The molecule has 6 aromatic carbocycles. The van der Waals surface area contributed by atoms with Gasteiger partial charge >= 0.3 is 8.80 Å². The Hall–Kier alpha value is -4.93. The quantitative estimate of drug-likeness (QED) is 0.0488. The summed E-state index contributed by atoms with van der Waals surface area (Å²) >= 11 is 3.52. The van der Waals surface area contributed by atoms with Crippen molar-refractivity contribution in [2.45, 2.75) is 68.2 Å². The molecule has 64 heavy (non-hydrogen) atoms. The lowest BCUT2D eigenvalue weighted by atomic mass is 9.87. The Kier molecular flexibility index (Phi) is 13.1. The van der Waals surface area contributed by atoms with Gasteiger partial charge in [-0.05, 0) is 155 Å². The van der Waals surface area contributed by atoms with E-state index in [0.29, 0.717) is 31.7 Å². The van der Waals surface area contributed by atoms with E-state index >= 15 is 0 Å². The number of benzene rings is 6. The zero-order valence-electron chi connectivity index (χ0n) is 38.6. The smallest absolute Gasteiger partial charge is 0.371 e. The molecule has 0 unspecified atom stereocenters. The molecule has 0 saturated heterocycles. The SMILES string of the molecule is CCO[Si](OCC)(OCC)c1ccc(/C=C/c2ccc3nc(-c4sc(-c5ccc6c7ccc(N(CCC(C)C)CCC(C)C)c8cccc(c9cccc5c96)c87)cc4C)ccc3c2)s1. The zero-order valence-corrected chi connectivity index (χ0v) is 41.2. The molecule has 0 bridgehead atoms. The molecular formula is C56H60N2O3S2Si. The lowest BCUT2D eigenvalue weighted by molar-refractivity contribution is 0.0866. The summed E-state index contributed by atoms with van der Waals surface area (Å²) < 4.78 is 19.5. The number of anilines is 1. The summed E-state index contributed by atoms with van der Waals surface area (Å²) in [6.45, 7) is 21.3. The van der Waals surface area contributed by atoms with Gasteiger partial charge in [-0.15, -0.1) is 22.7 Å². The second-order valence-electron chi connectivity index (χ2n) is 17.8. The van der Waals surface area contributed by atoms with Gasteiger partial charge in [0.15, 0.2) is 0 Å². The van der Waals surface area contributed by atoms with Gasteiger partial charge < -0.3 is 18.2 Å². The largest absolute Gasteiger partial charge is 0.547 e. The van der Waals surface area contributed by atoms with Crippen molar-refractivity contribution in [2.24, 2.45) is 11.8 Å². The van der Waals surface area contributed by atoms with E-state index in [9.17, 15) is 0 Å². The first-order valence-electron chi connectivity index (χ1n) is 23.2. The highest BCUT2D eigenvalue weighted by molar-refractivity contribution is 7.24. The van der Waals surface area contributed by atoms with E-state index in [-0.39, 0.29) is 0 Å². The standard InChI is InChI=1S/C56H60N2O3S2Si/c1-9-59-64(60-10-2,61-11-3)53-29-22-41(62-53)21-18-39-19-26-49-40(35-39)20-27-50(57-49)56-38(8)34-52(63-56)42-23-24-46-47-25-28-51(58(32-30-36(4)5)33-31-37(6)7)48-17-13-16-45(55(47)48)44-15-12-14-43(42)54(44)46/h12-29,34-37H,9-11,30-33H2,1-8H3/b21-18+. The van der Waals surface area contributed by atoms with Crippen LogP contribution in [0.5, 0.6) is 0 Å². The number of pyridine rings is 1. The van der Waals surface area contributed by atoms with E-state index in [1.54, 1.807) is 11.3 Å². The Labute approximate surface area is 388 Å². The average molecular weight is 901 g/mol. The van der Waals surface area contributed by atoms with Crippen LogP contribution in [0.2, 0.25) is 0 Å². The van der Waals surface area contributed by atoms with Gasteiger partial charge in [0.2, 0.25) is 0 Å². The molecule has 8 heteroatoms. The first-order valence-corrected chi connectivity index (χ1v) is 26.6. The summed E-state index contributed by atoms with van der Waals surface area (Å²) in [7, 11) is -2.92. The van der Waals surface area contributed by atoms with Gasteiger partial charge in [0.05, 0.1) is 20.6 Å². The van der Waals surface area contributed by atoms with E-state index in [1.807, 2.05) is 32.1 Å². The molecule has 3 aromatic heterocycles. The molecule has 0 radical (unpaired) electrons. The fraction of sp³-hybridized carbons (Fsp3) is 0.304. The van der Waals surface area contributed by atoms with Crippen LogP contribution >= 0.6 is 22.7 Å². The molecule has 5 nitrogen and oxygen atoms in total. The first-order chi connectivity index (χ1) is 31.1. The third kappa shape index (κ3) is 8.52. The molecule has 0 atom stereocenters. The van der Waals surface area contributed by atoms with Crippen LogP contribution in [-0.4, -0.2) is 46.7 Å². The molecule has 328 valence electrons. The van der Waals surface area contributed by atoms with E-state index in [1.165, 1.54) is 82.5 Å². The summed E-state index contributed by atoms with van der Waals surface area (Å²) in [6.07, 6.45) is 6.70. The van der Waals surface area contributed by atoms with Gasteiger partial charge in [-0.3, -0.25) is 0 Å². The minimum Gasteiger partial charge on any atom is -0.371 e. The lowest BCUT2D eigenvalue weighted by Gasteiger charge is -2.29. The summed E-state index contributed by atoms with van der Waals surface area (Å²) in [4.78, 5) is 11.5. The second-order valence-corrected chi connectivity index (χ2v) is 22.8. The number of hydrogen-bond donors (Lipinski definition) is 0. The van der Waals surface area contributed by atoms with Crippen LogP contribution in [-0.2, 0) is 13.3 Å². The van der Waals surface area contributed by atoms with Crippen molar-refractivity contribution in [1.29, 1.82) is 0 Å². The van der Waals surface area contributed by atoms with Gasteiger partial charge in [0.25, 0.3) is 0 Å². The Morgan fingerprint density at radius 1 is 0.625 bits per heavy atom. The maximum absolute atomic E-state index is 6.15. The second kappa shape index (κ2) is 18.9. The van der Waals surface area contributed by atoms with Crippen molar-refractivity contribution in [3.8, 4) is 21.0 Å². The Morgan fingerprint density at radius 3 is 1.92 bits per heavy atom. The fourth-order valence-electron chi connectivity index (χ4n) is 9.30. The van der Waals surface area contributed by atoms with Crippen LogP contribution in [0.4, 0.5) is 5.69 Å². The number of nitrogens with zero attached hydrogens (tertiary/aromatic N) is 2. The molecular weight excluding hydrogens is 841 g/mol. The van der Waals surface area contributed by atoms with Crippen LogP contribution in [0, 0.1) is 18.8 Å². The molecule has 0 saturated carbocycles. The topological polar surface area (TPSA) is 43.8 Å². The highest BCUT2D eigenvalue weighted by Gasteiger charge is 2.44. The zero-order chi connectivity index (χ0) is 44.5. The molecule has 3 heterocycles. The third-order valence-electron chi connectivity index (χ3n) is 12.4. The molecule has 0 aliphatic rings. The summed E-state index contributed by atoms with van der Waals surface area (Å²) in [6, 6.07) is 40.9. The highest BCUT2D eigenvalue weighted by atomic mass is 32.1. The van der Waals surface area contributed by atoms with Crippen molar-refractivity contribution in [3.05, 3.63) is 125 Å². The van der Waals surface area contributed by atoms with E-state index in [2.05, 4.69) is 161 Å². The average Bonchev–Trinajstić information content (AvgIpc) is 3.94. The Bertz CT molecular complexity index is 3060. The summed E-state index contributed by atoms with van der Waals surface area (Å²) in [5.74, 6) is 1.33. The highest BCUT2D eigenvalue weighted by Crippen LogP contribution is 2.47. The molecule has 0 spiro atoms. The van der Waals surface area contributed by atoms with Crippen molar-refractivity contribution >= 4 is 108 Å². The van der Waals surface area contributed by atoms with E-state index in [4.69, 9.17) is 18.3 Å². The first kappa shape index (κ1) is 44.3. The maximum Gasteiger partial charge on any atom is 0.547 e. The molecule has 9 aromatic rings. The minimum absolute atomic E-state index is 0.548. The lowest BCUT2D eigenvalue weighted by Crippen LogP contribution is -2.55. The number of thiophene rings is 2. The van der Waals surface area contributed by atoms with Crippen LogP contribution < -0.4 is 9.40 Å². The third-order valence-corrected chi connectivity index (χ3v) is 18.4. The van der Waals surface area contributed by atoms with Crippen molar-refractivity contribution in [3.63, 3.8) is 0 Å². The fourth-order valence-corrected chi connectivity index (χ4v) is 14.6. The van der Waals surface area contributed by atoms with Crippen LogP contribution in [0.25, 0.3) is 87.2 Å². The molecule has 0 N–H and O–H groups in total. The predicted molar refractivity (Wildman–Crippen MR) is 281 cm³/mol. The Balaban J connectivity index is 1.02. The van der Waals surface area contributed by atoms with E-state index < -0.39 is 8.80 Å². The van der Waals surface area contributed by atoms with Gasteiger partial charge in [-0.2, -0.15) is 0 Å². The number of hydrogen-bond acceptors (Lipinski definition) is 7. The van der Waals surface area contributed by atoms with Gasteiger partial charge in [-0.25, -0.2) is 4.98 Å². The summed E-state index contributed by atoms with van der Waals surface area (Å²) in [5, 5.41) is 11.8. The van der Waals surface area contributed by atoms with Gasteiger partial charge in [0, 0.05) is 59.1 Å². The van der Waals surface area contributed by atoms with Crippen LogP contribution in [0.15, 0.2) is 109 Å². The van der Waals surface area contributed by atoms with E-state index in [0.717, 1.165) is 44.6 Å². The van der Waals surface area contributed by atoms with Crippen molar-refractivity contribution in [2.75, 3.05) is 37.8 Å².